The maximum Gasteiger partial charge on any atom is 0.224 e. The second-order valence-corrected chi connectivity index (χ2v) is 7.46. The van der Waals surface area contributed by atoms with E-state index in [1.54, 1.807) is 11.8 Å². The molecular formula is C20H21N3OS. The molecule has 5 heteroatoms. The number of thioether (sulfide) groups is 1. The summed E-state index contributed by atoms with van der Waals surface area (Å²) in [5.74, 6) is 1.96. The Hall–Kier alpha value is -2.27. The fourth-order valence-electron chi connectivity index (χ4n) is 3.40. The van der Waals surface area contributed by atoms with Crippen LogP contribution in [0.25, 0.3) is 11.0 Å². The van der Waals surface area contributed by atoms with Crippen LogP contribution in [0.3, 0.4) is 0 Å². The number of para-hydroxylation sites is 2. The fraction of sp³-hybridized carbons (Fsp3) is 0.300. The zero-order chi connectivity index (χ0) is 17.1. The number of likely N-dealkylation sites (tertiary alicyclic amines) is 1. The highest BCUT2D eigenvalue weighted by Gasteiger charge is 2.31. The highest BCUT2D eigenvalue weighted by molar-refractivity contribution is 7.99. The number of hydrogen-bond acceptors (Lipinski definition) is 3. The molecule has 3 aromatic rings. The van der Waals surface area contributed by atoms with Crippen molar-refractivity contribution in [1.82, 2.24) is 14.9 Å². The predicted octanol–water partition coefficient (Wildman–Crippen LogP) is 4.41. The van der Waals surface area contributed by atoms with Gasteiger partial charge in [-0.3, -0.25) is 4.79 Å². The zero-order valence-corrected chi connectivity index (χ0v) is 14.8. The maximum atomic E-state index is 12.7. The number of carbonyl (C=O) groups is 1. The van der Waals surface area contributed by atoms with Crippen molar-refractivity contribution in [3.63, 3.8) is 0 Å². The summed E-state index contributed by atoms with van der Waals surface area (Å²) in [4.78, 5) is 24.0. The third-order valence-electron chi connectivity index (χ3n) is 4.62. The van der Waals surface area contributed by atoms with E-state index < -0.39 is 0 Å². The molecule has 25 heavy (non-hydrogen) atoms. The molecule has 1 atom stereocenters. The molecule has 0 aliphatic carbocycles. The van der Waals surface area contributed by atoms with Gasteiger partial charge in [-0.25, -0.2) is 4.98 Å². The van der Waals surface area contributed by atoms with Crippen molar-refractivity contribution in [2.24, 2.45) is 0 Å². The SMILES string of the molecule is O=C(CCSc1ccccc1)N1CCCC1c1nc2ccccc2[nH]1. The van der Waals surface area contributed by atoms with E-state index in [0.29, 0.717) is 6.42 Å². The number of nitrogens with zero attached hydrogens (tertiary/aromatic N) is 2. The maximum absolute atomic E-state index is 12.7. The topological polar surface area (TPSA) is 49.0 Å². The molecule has 2 aromatic carbocycles. The van der Waals surface area contributed by atoms with Crippen LogP contribution in [0.15, 0.2) is 59.5 Å². The number of H-pyrrole nitrogens is 1. The molecule has 4 rings (SSSR count). The van der Waals surface area contributed by atoms with Crippen molar-refractivity contribution >= 4 is 28.7 Å². The van der Waals surface area contributed by atoms with Crippen LogP contribution < -0.4 is 0 Å². The summed E-state index contributed by atoms with van der Waals surface area (Å²) < 4.78 is 0. The number of benzene rings is 2. The van der Waals surface area contributed by atoms with Crippen LogP contribution in [-0.2, 0) is 4.79 Å². The third-order valence-corrected chi connectivity index (χ3v) is 5.64. The van der Waals surface area contributed by atoms with Gasteiger partial charge >= 0.3 is 0 Å². The van der Waals surface area contributed by atoms with Crippen molar-refractivity contribution in [3.05, 3.63) is 60.4 Å². The summed E-state index contributed by atoms with van der Waals surface area (Å²) in [6.45, 7) is 0.830. The van der Waals surface area contributed by atoms with Gasteiger partial charge in [0, 0.05) is 23.6 Å². The first-order valence-corrected chi connectivity index (χ1v) is 9.72. The van der Waals surface area contributed by atoms with E-state index in [-0.39, 0.29) is 11.9 Å². The number of aromatic nitrogens is 2. The molecule has 1 unspecified atom stereocenters. The van der Waals surface area contributed by atoms with Gasteiger partial charge in [0.05, 0.1) is 17.1 Å². The van der Waals surface area contributed by atoms with Crippen LogP contribution in [0.2, 0.25) is 0 Å². The second kappa shape index (κ2) is 7.31. The zero-order valence-electron chi connectivity index (χ0n) is 14.0. The molecule has 2 heterocycles. The molecule has 1 saturated heterocycles. The minimum atomic E-state index is 0.0848. The second-order valence-electron chi connectivity index (χ2n) is 6.30. The molecule has 1 aliphatic heterocycles. The highest BCUT2D eigenvalue weighted by Crippen LogP contribution is 2.32. The minimum Gasteiger partial charge on any atom is -0.340 e. The van der Waals surface area contributed by atoms with Gasteiger partial charge in [-0.2, -0.15) is 0 Å². The van der Waals surface area contributed by atoms with E-state index in [2.05, 4.69) is 17.1 Å². The van der Waals surface area contributed by atoms with Gasteiger partial charge < -0.3 is 9.88 Å². The minimum absolute atomic E-state index is 0.0848. The standard InChI is InChI=1S/C20H21N3OS/c24-19(12-14-25-15-7-2-1-3-8-15)23-13-6-11-18(23)20-21-16-9-4-5-10-17(16)22-20/h1-5,7-10,18H,6,11-14H2,(H,21,22). The Morgan fingerprint density at radius 3 is 2.80 bits per heavy atom. The van der Waals surface area contributed by atoms with Crippen molar-refractivity contribution in [2.75, 3.05) is 12.3 Å². The van der Waals surface area contributed by atoms with E-state index in [1.165, 1.54) is 4.90 Å². The Labute approximate surface area is 151 Å². The molecule has 0 bridgehead atoms. The molecule has 1 N–H and O–H groups in total. The van der Waals surface area contributed by atoms with Crippen molar-refractivity contribution in [3.8, 4) is 0 Å². The molecule has 1 fully saturated rings. The molecule has 0 radical (unpaired) electrons. The summed E-state index contributed by atoms with van der Waals surface area (Å²) in [5.41, 5.74) is 2.01. The Kier molecular flexibility index (Phi) is 4.74. The monoisotopic (exact) mass is 351 g/mol. The lowest BCUT2D eigenvalue weighted by atomic mass is 10.2. The number of fused-ring (bicyclic) bond motifs is 1. The smallest absolute Gasteiger partial charge is 0.224 e. The number of hydrogen-bond donors (Lipinski definition) is 1. The van der Waals surface area contributed by atoms with Gasteiger partial charge in [0.1, 0.15) is 5.82 Å². The number of imidazole rings is 1. The van der Waals surface area contributed by atoms with Crippen LogP contribution in [0.5, 0.6) is 0 Å². The molecule has 4 nitrogen and oxygen atoms in total. The summed E-state index contributed by atoms with van der Waals surface area (Å²) >= 11 is 1.74. The summed E-state index contributed by atoms with van der Waals surface area (Å²) in [6, 6.07) is 18.4. The molecule has 1 aromatic heterocycles. The molecule has 0 saturated carbocycles. The van der Waals surface area contributed by atoms with Gasteiger partial charge in [0.2, 0.25) is 5.91 Å². The van der Waals surface area contributed by atoms with E-state index in [4.69, 9.17) is 4.98 Å². The fourth-order valence-corrected chi connectivity index (χ4v) is 4.26. The van der Waals surface area contributed by atoms with Gasteiger partial charge in [-0.15, -0.1) is 11.8 Å². The van der Waals surface area contributed by atoms with Gasteiger partial charge in [0.15, 0.2) is 0 Å². The Balaban J connectivity index is 1.41. The number of nitrogens with one attached hydrogen (secondary N) is 1. The van der Waals surface area contributed by atoms with Gasteiger partial charge in [0.25, 0.3) is 0 Å². The van der Waals surface area contributed by atoms with E-state index in [9.17, 15) is 4.79 Å². The summed E-state index contributed by atoms with van der Waals surface area (Å²) in [7, 11) is 0. The third kappa shape index (κ3) is 3.56. The van der Waals surface area contributed by atoms with Crippen molar-refractivity contribution < 1.29 is 4.79 Å². The Morgan fingerprint density at radius 2 is 1.96 bits per heavy atom. The molecule has 1 aliphatic rings. The van der Waals surface area contributed by atoms with Crippen molar-refractivity contribution in [2.45, 2.75) is 30.2 Å². The Bertz CT molecular complexity index is 829. The van der Waals surface area contributed by atoms with Crippen LogP contribution >= 0.6 is 11.8 Å². The lowest BCUT2D eigenvalue weighted by Gasteiger charge is -2.23. The van der Waals surface area contributed by atoms with Crippen LogP contribution in [0.4, 0.5) is 0 Å². The predicted molar refractivity (Wildman–Crippen MR) is 102 cm³/mol. The number of amides is 1. The van der Waals surface area contributed by atoms with Crippen LogP contribution in [-0.4, -0.2) is 33.1 Å². The van der Waals surface area contributed by atoms with E-state index in [1.807, 2.05) is 47.4 Å². The first-order chi connectivity index (χ1) is 12.3. The average Bonchev–Trinajstić information content (AvgIpc) is 3.29. The average molecular weight is 351 g/mol. The number of carbonyl (C=O) groups excluding carboxylic acids is 1. The molecule has 1 amide bonds. The molecule has 0 spiro atoms. The largest absolute Gasteiger partial charge is 0.340 e. The molecular weight excluding hydrogens is 330 g/mol. The van der Waals surface area contributed by atoms with E-state index in [0.717, 1.165) is 42.0 Å². The number of aromatic amines is 1. The van der Waals surface area contributed by atoms with E-state index >= 15 is 0 Å². The summed E-state index contributed by atoms with van der Waals surface area (Å²) in [5, 5.41) is 0. The Morgan fingerprint density at radius 1 is 1.16 bits per heavy atom. The van der Waals surface area contributed by atoms with Gasteiger partial charge in [-0.05, 0) is 37.1 Å². The van der Waals surface area contributed by atoms with Crippen LogP contribution in [0.1, 0.15) is 31.1 Å². The van der Waals surface area contributed by atoms with Gasteiger partial charge in [-0.1, -0.05) is 30.3 Å². The first-order valence-electron chi connectivity index (χ1n) is 8.73. The normalized spacial score (nSPS) is 17.3. The number of rotatable bonds is 5. The molecule has 128 valence electrons. The lowest BCUT2D eigenvalue weighted by Crippen LogP contribution is -2.31. The summed E-state index contributed by atoms with van der Waals surface area (Å²) in [6.07, 6.45) is 2.59. The van der Waals surface area contributed by atoms with Crippen LogP contribution in [0, 0.1) is 0 Å². The lowest BCUT2D eigenvalue weighted by molar-refractivity contribution is -0.131. The highest BCUT2D eigenvalue weighted by atomic mass is 32.2. The quantitative estimate of drug-likeness (QED) is 0.693. The first kappa shape index (κ1) is 16.2. The van der Waals surface area contributed by atoms with Crippen molar-refractivity contribution in [1.29, 1.82) is 0 Å².